The van der Waals surface area contributed by atoms with Gasteiger partial charge in [-0.1, -0.05) is 30.3 Å². The summed E-state index contributed by atoms with van der Waals surface area (Å²) < 4.78 is 32.4. The summed E-state index contributed by atoms with van der Waals surface area (Å²) in [6.07, 6.45) is 0. The molecular weight excluding hydrogens is 316 g/mol. The maximum atomic E-state index is 12.4. The third-order valence-corrected chi connectivity index (χ3v) is 4.50. The monoisotopic (exact) mass is 334 g/mol. The van der Waals surface area contributed by atoms with Crippen molar-refractivity contribution in [2.75, 3.05) is 12.4 Å². The number of anilines is 1. The van der Waals surface area contributed by atoms with Crippen LogP contribution in [0.1, 0.15) is 12.5 Å². The van der Waals surface area contributed by atoms with Crippen LogP contribution < -0.4 is 14.8 Å². The number of carbonyl (C=O) groups is 1. The molecule has 0 aliphatic heterocycles. The van der Waals surface area contributed by atoms with Crippen LogP contribution in [0.3, 0.4) is 0 Å². The molecule has 2 aromatic carbocycles. The number of hydrogen-bond donors (Lipinski definition) is 2. The van der Waals surface area contributed by atoms with Crippen molar-refractivity contribution in [3.05, 3.63) is 54.1 Å². The van der Waals surface area contributed by atoms with Crippen LogP contribution in [-0.2, 0) is 21.4 Å². The molecule has 0 fully saturated rings. The lowest BCUT2D eigenvalue weighted by atomic mass is 10.2. The highest BCUT2D eigenvalue weighted by atomic mass is 32.2. The molecule has 0 aliphatic carbocycles. The Balaban J connectivity index is 2.20. The zero-order chi connectivity index (χ0) is 16.9. The minimum absolute atomic E-state index is 0.0689. The van der Waals surface area contributed by atoms with Crippen LogP contribution in [0, 0.1) is 0 Å². The van der Waals surface area contributed by atoms with Gasteiger partial charge in [-0.3, -0.25) is 4.79 Å². The predicted octanol–water partition coefficient (Wildman–Crippen LogP) is 2.13. The van der Waals surface area contributed by atoms with E-state index in [1.54, 1.807) is 0 Å². The largest absolute Gasteiger partial charge is 0.495 e. The Morgan fingerprint density at radius 2 is 1.83 bits per heavy atom. The summed E-state index contributed by atoms with van der Waals surface area (Å²) in [5.41, 5.74) is 1.28. The highest BCUT2D eigenvalue weighted by Crippen LogP contribution is 2.27. The third-order valence-electron chi connectivity index (χ3n) is 3.10. The molecule has 0 radical (unpaired) electrons. The first-order valence-electron chi connectivity index (χ1n) is 6.91. The molecule has 0 heterocycles. The third kappa shape index (κ3) is 4.54. The zero-order valence-corrected chi connectivity index (χ0v) is 13.7. The molecule has 0 atom stereocenters. The van der Waals surface area contributed by atoms with Gasteiger partial charge in [-0.05, 0) is 17.7 Å². The summed E-state index contributed by atoms with van der Waals surface area (Å²) in [6, 6.07) is 13.5. The number of nitrogens with one attached hydrogen (secondary N) is 2. The molecule has 0 spiro atoms. The molecule has 0 saturated carbocycles. The Morgan fingerprint density at radius 3 is 2.43 bits per heavy atom. The number of sulfonamides is 1. The molecule has 2 N–H and O–H groups in total. The summed E-state index contributed by atoms with van der Waals surface area (Å²) in [6.45, 7) is 1.56. The second kappa shape index (κ2) is 7.26. The van der Waals surface area contributed by atoms with E-state index in [2.05, 4.69) is 10.0 Å². The van der Waals surface area contributed by atoms with Gasteiger partial charge < -0.3 is 10.1 Å². The second-order valence-corrected chi connectivity index (χ2v) is 6.62. The van der Waals surface area contributed by atoms with Gasteiger partial charge >= 0.3 is 0 Å². The maximum absolute atomic E-state index is 12.4. The van der Waals surface area contributed by atoms with E-state index in [1.807, 2.05) is 30.3 Å². The van der Waals surface area contributed by atoms with Crippen molar-refractivity contribution in [3.63, 3.8) is 0 Å². The molecule has 0 unspecified atom stereocenters. The fourth-order valence-electron chi connectivity index (χ4n) is 1.99. The summed E-state index contributed by atoms with van der Waals surface area (Å²) in [5, 5.41) is 2.58. The van der Waals surface area contributed by atoms with Crippen LogP contribution in [0.4, 0.5) is 5.69 Å². The Labute approximate surface area is 135 Å². The van der Waals surface area contributed by atoms with E-state index < -0.39 is 10.0 Å². The molecule has 6 nitrogen and oxygen atoms in total. The van der Waals surface area contributed by atoms with E-state index in [4.69, 9.17) is 4.74 Å². The van der Waals surface area contributed by atoms with Gasteiger partial charge in [0.25, 0.3) is 0 Å². The van der Waals surface area contributed by atoms with Crippen LogP contribution in [0.15, 0.2) is 53.4 Å². The number of methoxy groups -OCH3 is 1. The number of amides is 1. The summed E-state index contributed by atoms with van der Waals surface area (Å²) in [5.74, 6) is 0.0175. The molecule has 0 aliphatic rings. The SMILES string of the molecule is COc1cc(S(=O)(=O)NCc2ccccc2)ccc1NC(C)=O. The van der Waals surface area contributed by atoms with Gasteiger partial charge in [0.1, 0.15) is 5.75 Å². The van der Waals surface area contributed by atoms with Gasteiger partial charge in [0, 0.05) is 19.5 Å². The van der Waals surface area contributed by atoms with E-state index in [0.717, 1.165) is 5.56 Å². The van der Waals surface area contributed by atoms with Crippen molar-refractivity contribution in [3.8, 4) is 5.75 Å². The normalized spacial score (nSPS) is 11.0. The number of rotatable bonds is 6. The topological polar surface area (TPSA) is 84.5 Å². The molecule has 0 saturated heterocycles. The van der Waals surface area contributed by atoms with E-state index >= 15 is 0 Å². The predicted molar refractivity (Wildman–Crippen MR) is 87.8 cm³/mol. The van der Waals surface area contributed by atoms with Crippen LogP contribution in [0.5, 0.6) is 5.75 Å². The van der Waals surface area contributed by atoms with Crippen LogP contribution in [0.2, 0.25) is 0 Å². The second-order valence-electron chi connectivity index (χ2n) is 4.85. The Kier molecular flexibility index (Phi) is 5.36. The smallest absolute Gasteiger partial charge is 0.241 e. The molecule has 2 rings (SSSR count). The van der Waals surface area contributed by atoms with Crippen LogP contribution in [-0.4, -0.2) is 21.4 Å². The minimum Gasteiger partial charge on any atom is -0.495 e. The first-order chi connectivity index (χ1) is 10.9. The standard InChI is InChI=1S/C16H18N2O4S/c1-12(19)18-15-9-8-14(10-16(15)22-2)23(20,21)17-11-13-6-4-3-5-7-13/h3-10,17H,11H2,1-2H3,(H,18,19). The Bertz CT molecular complexity index is 789. The lowest BCUT2D eigenvalue weighted by Crippen LogP contribution is -2.23. The quantitative estimate of drug-likeness (QED) is 0.847. The average molecular weight is 334 g/mol. The van der Waals surface area contributed by atoms with Crippen molar-refractivity contribution >= 4 is 21.6 Å². The molecule has 1 amide bonds. The summed E-state index contributed by atoms with van der Waals surface area (Å²) in [7, 11) is -2.27. The molecular formula is C16H18N2O4S. The molecule has 0 aromatic heterocycles. The van der Waals surface area contributed by atoms with Crippen molar-refractivity contribution in [1.29, 1.82) is 0 Å². The van der Waals surface area contributed by atoms with Crippen LogP contribution >= 0.6 is 0 Å². The Hall–Kier alpha value is -2.38. The van der Waals surface area contributed by atoms with E-state index in [1.165, 1.54) is 32.2 Å². The summed E-state index contributed by atoms with van der Waals surface area (Å²) >= 11 is 0. The lowest BCUT2D eigenvalue weighted by molar-refractivity contribution is -0.114. The average Bonchev–Trinajstić information content (AvgIpc) is 2.54. The van der Waals surface area contributed by atoms with Crippen molar-refractivity contribution < 1.29 is 17.9 Å². The maximum Gasteiger partial charge on any atom is 0.241 e. The van der Waals surface area contributed by atoms with Gasteiger partial charge in [-0.25, -0.2) is 13.1 Å². The van der Waals surface area contributed by atoms with Crippen molar-refractivity contribution in [2.45, 2.75) is 18.4 Å². The first-order valence-corrected chi connectivity index (χ1v) is 8.40. The fraction of sp³-hybridized carbons (Fsp3) is 0.188. The Morgan fingerprint density at radius 1 is 1.13 bits per heavy atom. The molecule has 23 heavy (non-hydrogen) atoms. The van der Waals surface area contributed by atoms with E-state index in [0.29, 0.717) is 5.69 Å². The van der Waals surface area contributed by atoms with E-state index in [9.17, 15) is 13.2 Å². The molecule has 2 aromatic rings. The fourth-order valence-corrected chi connectivity index (χ4v) is 3.02. The zero-order valence-electron chi connectivity index (χ0n) is 12.9. The molecule has 7 heteroatoms. The molecule has 122 valence electrons. The highest BCUT2D eigenvalue weighted by molar-refractivity contribution is 7.89. The number of carbonyl (C=O) groups excluding carboxylic acids is 1. The van der Waals surface area contributed by atoms with Gasteiger partial charge in [-0.15, -0.1) is 0 Å². The number of ether oxygens (including phenoxy) is 1. The number of benzene rings is 2. The highest BCUT2D eigenvalue weighted by Gasteiger charge is 2.16. The van der Waals surface area contributed by atoms with Gasteiger partial charge in [0.2, 0.25) is 15.9 Å². The van der Waals surface area contributed by atoms with Gasteiger partial charge in [-0.2, -0.15) is 0 Å². The van der Waals surface area contributed by atoms with Crippen LogP contribution in [0.25, 0.3) is 0 Å². The summed E-state index contributed by atoms with van der Waals surface area (Å²) in [4.78, 5) is 11.2. The van der Waals surface area contributed by atoms with Crippen molar-refractivity contribution in [1.82, 2.24) is 4.72 Å². The number of hydrogen-bond acceptors (Lipinski definition) is 4. The minimum atomic E-state index is -3.68. The first kappa shape index (κ1) is 17.0. The van der Waals surface area contributed by atoms with Gasteiger partial charge in [0.15, 0.2) is 0 Å². The van der Waals surface area contributed by atoms with Gasteiger partial charge in [0.05, 0.1) is 17.7 Å². The van der Waals surface area contributed by atoms with E-state index in [-0.39, 0.29) is 23.1 Å². The lowest BCUT2D eigenvalue weighted by Gasteiger charge is -2.12. The van der Waals surface area contributed by atoms with Crippen molar-refractivity contribution in [2.24, 2.45) is 0 Å². The molecule has 0 bridgehead atoms.